The zero-order valence-electron chi connectivity index (χ0n) is 12.9. The minimum Gasteiger partial charge on any atom is -0.359 e. The molecule has 1 aromatic rings. The third-order valence-electron chi connectivity index (χ3n) is 5.11. The maximum Gasteiger partial charge on any atom is 0.270 e. The molecule has 3 heterocycles. The number of nitrogens with zero attached hydrogens (tertiary/aromatic N) is 2. The monoisotopic (exact) mass is 392 g/mol. The Labute approximate surface area is 145 Å². The summed E-state index contributed by atoms with van der Waals surface area (Å²) in [5.41, 5.74) is -1.40. The molecule has 2 saturated heterocycles. The van der Waals surface area contributed by atoms with Crippen molar-refractivity contribution < 1.29 is 19.2 Å². The molecule has 2 amide bonds. The van der Waals surface area contributed by atoms with Gasteiger partial charge in [-0.25, -0.2) is 4.90 Å². The van der Waals surface area contributed by atoms with Gasteiger partial charge in [0.15, 0.2) is 0 Å². The molecule has 4 atom stereocenters. The molecule has 2 fully saturated rings. The van der Waals surface area contributed by atoms with E-state index in [1.807, 2.05) is 12.2 Å². The van der Waals surface area contributed by atoms with Crippen molar-refractivity contribution in [3.05, 3.63) is 44.9 Å². The largest absolute Gasteiger partial charge is 0.359 e. The molecule has 4 unspecified atom stereocenters. The van der Waals surface area contributed by atoms with E-state index in [1.165, 1.54) is 18.2 Å². The summed E-state index contributed by atoms with van der Waals surface area (Å²) in [4.78, 5) is 37.3. The highest BCUT2D eigenvalue weighted by Gasteiger charge is 2.70. The molecular weight excluding hydrogens is 380 g/mol. The number of halogens is 1. The molecule has 0 radical (unpaired) electrons. The van der Waals surface area contributed by atoms with Crippen LogP contribution in [0.15, 0.2) is 34.8 Å². The molecule has 3 aliphatic heterocycles. The predicted octanol–water partition coefficient (Wildman–Crippen LogP) is 2.58. The van der Waals surface area contributed by atoms with Crippen LogP contribution in [0.2, 0.25) is 0 Å². The second kappa shape index (κ2) is 4.52. The fourth-order valence-electron chi connectivity index (χ4n) is 4.06. The second-order valence-corrected chi connectivity index (χ2v) is 7.52. The van der Waals surface area contributed by atoms with Crippen LogP contribution in [0.5, 0.6) is 0 Å². The first kappa shape index (κ1) is 15.5. The molecule has 0 N–H and O–H groups in total. The topological polar surface area (TPSA) is 89.8 Å². The van der Waals surface area contributed by atoms with Gasteiger partial charge in [-0.15, -0.1) is 0 Å². The first-order valence-corrected chi connectivity index (χ1v) is 8.19. The van der Waals surface area contributed by atoms with Crippen molar-refractivity contribution in [2.75, 3.05) is 4.90 Å². The number of nitro benzene ring substituents is 1. The van der Waals surface area contributed by atoms with E-state index in [0.717, 1.165) is 4.90 Å². The van der Waals surface area contributed by atoms with Crippen molar-refractivity contribution in [1.82, 2.24) is 0 Å². The number of non-ortho nitro benzene ring substituents is 1. The van der Waals surface area contributed by atoms with Crippen molar-refractivity contribution >= 4 is 39.1 Å². The molecule has 2 bridgehead atoms. The van der Waals surface area contributed by atoms with Gasteiger partial charge in [-0.2, -0.15) is 0 Å². The Morgan fingerprint density at radius 3 is 2.17 bits per heavy atom. The lowest BCUT2D eigenvalue weighted by atomic mass is 9.73. The Morgan fingerprint density at radius 2 is 1.71 bits per heavy atom. The number of rotatable bonds is 2. The average molecular weight is 393 g/mol. The molecule has 1 aromatic carbocycles. The second-order valence-electron chi connectivity index (χ2n) is 6.66. The average Bonchev–Trinajstić information content (AvgIpc) is 3.04. The van der Waals surface area contributed by atoms with Crippen LogP contribution in [-0.2, 0) is 14.3 Å². The maximum atomic E-state index is 12.9. The van der Waals surface area contributed by atoms with Gasteiger partial charge in [0.1, 0.15) is 0 Å². The molecule has 0 spiro atoms. The third kappa shape index (κ3) is 1.75. The normalized spacial score (nSPS) is 36.5. The van der Waals surface area contributed by atoms with Crippen LogP contribution in [0, 0.1) is 22.0 Å². The van der Waals surface area contributed by atoms with Gasteiger partial charge in [0.2, 0.25) is 11.8 Å². The highest BCUT2D eigenvalue weighted by Crippen LogP contribution is 2.57. The van der Waals surface area contributed by atoms with Crippen LogP contribution in [0.3, 0.4) is 0 Å². The van der Waals surface area contributed by atoms with Crippen molar-refractivity contribution in [1.29, 1.82) is 0 Å². The molecule has 8 heteroatoms. The van der Waals surface area contributed by atoms with E-state index in [-0.39, 0.29) is 17.5 Å². The summed E-state index contributed by atoms with van der Waals surface area (Å²) in [6.45, 7) is 3.61. The number of fused-ring (bicyclic) bond motifs is 5. The molecule has 0 aliphatic carbocycles. The molecule has 4 rings (SSSR count). The number of benzene rings is 1. The molecule has 7 nitrogen and oxygen atoms in total. The minimum absolute atomic E-state index is 0.117. The lowest BCUT2D eigenvalue weighted by Gasteiger charge is -2.25. The number of carbonyl (C=O) groups excluding carboxylic acids is 2. The van der Waals surface area contributed by atoms with Crippen molar-refractivity contribution in [2.24, 2.45) is 11.8 Å². The number of anilines is 1. The maximum absolute atomic E-state index is 12.9. The minimum atomic E-state index is -0.797. The molecule has 124 valence electrons. The summed E-state index contributed by atoms with van der Waals surface area (Å²) < 4.78 is 6.27. The van der Waals surface area contributed by atoms with Gasteiger partial charge >= 0.3 is 0 Å². The van der Waals surface area contributed by atoms with Crippen molar-refractivity contribution in [2.45, 2.75) is 25.0 Å². The number of amides is 2. The first-order valence-electron chi connectivity index (χ1n) is 7.40. The van der Waals surface area contributed by atoms with E-state index in [9.17, 15) is 19.7 Å². The van der Waals surface area contributed by atoms with Gasteiger partial charge in [0.05, 0.1) is 33.6 Å². The Morgan fingerprint density at radius 1 is 1.17 bits per heavy atom. The summed E-state index contributed by atoms with van der Waals surface area (Å²) >= 11 is 3.24. The van der Waals surface area contributed by atoms with Gasteiger partial charge in [-0.05, 0) is 35.8 Å². The fourth-order valence-corrected chi connectivity index (χ4v) is 4.60. The van der Waals surface area contributed by atoms with Crippen LogP contribution >= 0.6 is 15.9 Å². The standard InChI is InChI=1S/C16H13BrN2O5/c1-15-5-6-16(2,24-15)12-11(15)13(20)18(14(12)21)10-4-3-8(19(22)23)7-9(10)17/h3-7,11-12H,1-2H3. The molecule has 24 heavy (non-hydrogen) atoms. The Balaban J connectivity index is 1.79. The van der Waals surface area contributed by atoms with Crippen molar-refractivity contribution in [3.8, 4) is 0 Å². The van der Waals surface area contributed by atoms with Crippen LogP contribution in [0.4, 0.5) is 11.4 Å². The number of carbonyl (C=O) groups is 2. The number of imide groups is 1. The summed E-state index contributed by atoms with van der Waals surface area (Å²) in [6.07, 6.45) is 3.68. The number of nitro groups is 1. The number of hydrogen-bond donors (Lipinski definition) is 0. The smallest absolute Gasteiger partial charge is 0.270 e. The zero-order valence-corrected chi connectivity index (χ0v) is 14.4. The molecular formula is C16H13BrN2O5. The lowest BCUT2D eigenvalue weighted by Crippen LogP contribution is -2.39. The quantitative estimate of drug-likeness (QED) is 0.334. The van der Waals surface area contributed by atoms with E-state index in [1.54, 1.807) is 13.8 Å². The fraction of sp³-hybridized carbons (Fsp3) is 0.375. The van der Waals surface area contributed by atoms with E-state index < -0.39 is 28.0 Å². The zero-order chi connectivity index (χ0) is 17.4. The number of hydrogen-bond acceptors (Lipinski definition) is 5. The summed E-state index contributed by atoms with van der Waals surface area (Å²) in [7, 11) is 0. The first-order chi connectivity index (χ1) is 11.2. The Kier molecular flexibility index (Phi) is 2.91. The van der Waals surface area contributed by atoms with E-state index in [4.69, 9.17) is 4.74 Å². The molecule has 0 saturated carbocycles. The summed E-state index contributed by atoms with van der Waals surface area (Å²) in [6, 6.07) is 3.98. The van der Waals surface area contributed by atoms with Crippen LogP contribution in [-0.4, -0.2) is 27.9 Å². The van der Waals surface area contributed by atoms with Gasteiger partial charge in [0, 0.05) is 16.6 Å². The van der Waals surface area contributed by atoms with Crippen LogP contribution < -0.4 is 4.90 Å². The van der Waals surface area contributed by atoms with Crippen LogP contribution in [0.25, 0.3) is 0 Å². The van der Waals surface area contributed by atoms with Gasteiger partial charge in [-0.3, -0.25) is 19.7 Å². The number of ether oxygens (including phenoxy) is 1. The Bertz CT molecular complexity index is 817. The highest BCUT2D eigenvalue weighted by molar-refractivity contribution is 9.10. The van der Waals surface area contributed by atoms with E-state index >= 15 is 0 Å². The molecule has 3 aliphatic rings. The summed E-state index contributed by atoms with van der Waals surface area (Å²) in [5.74, 6) is -1.84. The summed E-state index contributed by atoms with van der Waals surface area (Å²) in [5, 5.41) is 10.9. The van der Waals surface area contributed by atoms with E-state index in [0.29, 0.717) is 10.2 Å². The lowest BCUT2D eigenvalue weighted by molar-refractivity contribution is -0.384. The van der Waals surface area contributed by atoms with E-state index in [2.05, 4.69) is 15.9 Å². The predicted molar refractivity (Wildman–Crippen MR) is 87.3 cm³/mol. The SMILES string of the molecule is CC12C=CC(C)(O1)C1C(=O)N(c3ccc([N+](=O)[O-])cc3Br)C(=O)C12. The highest BCUT2D eigenvalue weighted by atomic mass is 79.9. The molecule has 0 aromatic heterocycles. The third-order valence-corrected chi connectivity index (χ3v) is 5.74. The van der Waals surface area contributed by atoms with Gasteiger partial charge in [-0.1, -0.05) is 12.2 Å². The van der Waals surface area contributed by atoms with Gasteiger partial charge in [0.25, 0.3) is 5.69 Å². The van der Waals surface area contributed by atoms with Crippen molar-refractivity contribution in [3.63, 3.8) is 0 Å². The Hall–Kier alpha value is -2.06. The van der Waals surface area contributed by atoms with Crippen LogP contribution in [0.1, 0.15) is 13.8 Å². The van der Waals surface area contributed by atoms with Gasteiger partial charge < -0.3 is 4.74 Å².